The van der Waals surface area contributed by atoms with Crippen molar-refractivity contribution in [3.05, 3.63) is 239 Å². The summed E-state index contributed by atoms with van der Waals surface area (Å²) in [6.07, 6.45) is 27.0. The lowest BCUT2D eigenvalue weighted by Crippen LogP contribution is -2.36. The second-order valence-corrected chi connectivity index (χ2v) is 29.8. The van der Waals surface area contributed by atoms with Crippen LogP contribution in [-0.4, -0.2) is 290 Å². The molecule has 22 heteroatoms. The van der Waals surface area contributed by atoms with Crippen LogP contribution in [0.5, 0.6) is 46.0 Å². The van der Waals surface area contributed by atoms with Gasteiger partial charge in [-0.1, -0.05) is 97.1 Å². The molecule has 0 aromatic heterocycles. The molecule has 0 unspecified atom stereocenters. The molecule has 22 nitrogen and oxygen atoms in total. The Morgan fingerprint density at radius 3 is 0.390 bits per heavy atom. The summed E-state index contributed by atoms with van der Waals surface area (Å²) in [6.45, 7) is 21.3. The molecule has 0 aliphatic carbocycles. The summed E-state index contributed by atoms with van der Waals surface area (Å²) in [5.74, 6) is 1.72. The van der Waals surface area contributed by atoms with E-state index >= 15 is 0 Å². The molecule has 0 saturated carbocycles. The van der Waals surface area contributed by atoms with Gasteiger partial charge in [0.25, 0.3) is 0 Å². The van der Waals surface area contributed by atoms with Gasteiger partial charge < -0.3 is 70.3 Å². The Hall–Kier alpha value is -10.7. The maximum atomic E-state index is 10.4. The number of hydrogen-bond donors (Lipinski definition) is 8. The summed E-state index contributed by atoms with van der Waals surface area (Å²) in [7, 11) is 0. The zero-order valence-electron chi connectivity index (χ0n) is 69.2. The third kappa shape index (κ3) is 38.6. The Morgan fingerprint density at radius 2 is 0.263 bits per heavy atom. The van der Waals surface area contributed by atoms with Gasteiger partial charge in [0.1, 0.15) is 46.0 Å². The van der Waals surface area contributed by atoms with Crippen LogP contribution in [0.15, 0.2) is 234 Å². The molecule has 0 heterocycles. The van der Waals surface area contributed by atoms with Crippen LogP contribution in [-0.2, 0) is 0 Å². The molecular formula is C96H128N14O8. The molecule has 8 aromatic carbocycles. The predicted molar refractivity (Wildman–Crippen MR) is 488 cm³/mol. The Balaban J connectivity index is 0.978. The molecule has 0 bridgehead atoms. The molecule has 0 saturated heterocycles. The van der Waals surface area contributed by atoms with E-state index in [1.165, 1.54) is 0 Å². The molecule has 0 aliphatic heterocycles. The molecule has 8 N–H and O–H groups in total. The van der Waals surface area contributed by atoms with Crippen molar-refractivity contribution in [2.24, 2.45) is 39.9 Å². The Morgan fingerprint density at radius 1 is 0.153 bits per heavy atom. The zero-order valence-corrected chi connectivity index (χ0v) is 69.2. The molecule has 118 heavy (non-hydrogen) atoms. The predicted octanol–water partition coefficient (Wildman–Crippen LogP) is 14.9. The van der Waals surface area contributed by atoms with E-state index in [4.69, 9.17) is 39.9 Å². The van der Waals surface area contributed by atoms with Crippen LogP contribution in [0.25, 0.3) is 0 Å². The molecule has 0 radical (unpaired) electrons. The average molecular weight is 1610 g/mol. The first-order valence-electron chi connectivity index (χ1n) is 42.5. The SMILES string of the molecule is Oc1ccccc1C=NCCCN(CCCN=Cc1ccccc1O)CCCN(CCCCN(CCCN(CCCN=Cc1ccccc1O)CCCN=Cc1ccccc1O)CCCN(CCCN=Cc1ccccc1O)CCCN=Cc1ccccc1O)CCCN(CCCN=Cc1ccccc1O)CCCN=Cc1ccccc1O. The summed E-state index contributed by atoms with van der Waals surface area (Å²) >= 11 is 0. The fourth-order valence-corrected chi connectivity index (χ4v) is 13.9. The Bertz CT molecular complexity index is 3560. The van der Waals surface area contributed by atoms with Crippen LogP contribution in [0.1, 0.15) is 134 Å². The number of benzene rings is 8. The van der Waals surface area contributed by atoms with Gasteiger partial charge in [-0.3, -0.25) is 39.9 Å². The van der Waals surface area contributed by atoms with E-state index < -0.39 is 0 Å². The first kappa shape index (κ1) is 92.8. The number of phenols is 8. The van der Waals surface area contributed by atoms with Gasteiger partial charge in [-0.05, 0) is 305 Å². The smallest absolute Gasteiger partial charge is 0.124 e. The molecule has 8 rings (SSSR count). The fraction of sp³-hybridized carbons (Fsp3) is 0.417. The summed E-state index contributed by atoms with van der Waals surface area (Å²) in [5.41, 5.74) is 5.63. The van der Waals surface area contributed by atoms with Crippen molar-refractivity contribution in [1.82, 2.24) is 29.4 Å². The lowest BCUT2D eigenvalue weighted by atomic mass is 10.2. The standard InChI is InChI=1S/C96H128N14O8/c111-89-39-9-1-31-81(89)73-97-47-19-57-107(58-20-48-98-74-82-32-2-10-40-90(82)112)69-27-65-105(66-28-70-108(59-21-49-99-75-83-33-3-11-41-91(83)113)60-22-50-100-76-84-34-4-12-42-92(84)114)55-17-18-56-106(67-29-71-109(61-23-51-101-77-85-35-5-13-43-93(85)115)62-24-52-102-78-86-36-6-14-44-94(86)116)68-30-72-110(63-25-53-103-79-87-37-7-15-45-95(87)117)64-26-54-104-80-88-38-8-16-46-96(88)118/h1-16,31-46,73-80,111-118H,17-30,47-72H2. The van der Waals surface area contributed by atoms with Crippen molar-refractivity contribution < 1.29 is 40.9 Å². The molecular weight excluding hydrogens is 1480 g/mol. The van der Waals surface area contributed by atoms with Crippen molar-refractivity contribution in [3.63, 3.8) is 0 Å². The second kappa shape index (κ2) is 57.4. The highest BCUT2D eigenvalue weighted by molar-refractivity contribution is 5.87. The van der Waals surface area contributed by atoms with Gasteiger partial charge in [0.15, 0.2) is 0 Å². The lowest BCUT2D eigenvalue weighted by molar-refractivity contribution is 0.191. The Labute approximate surface area is 700 Å². The minimum atomic E-state index is 0.215. The first-order chi connectivity index (χ1) is 57.9. The topological polar surface area (TPSA) is 280 Å². The first-order valence-corrected chi connectivity index (χ1v) is 42.5. The molecule has 0 atom stereocenters. The van der Waals surface area contributed by atoms with E-state index in [1.807, 2.05) is 146 Å². The monoisotopic (exact) mass is 1610 g/mol. The summed E-state index contributed by atoms with van der Waals surface area (Å²) in [5, 5.41) is 83.5. The minimum Gasteiger partial charge on any atom is -0.507 e. The molecule has 8 aromatic rings. The molecule has 0 spiro atoms. The number of hydrogen-bond acceptors (Lipinski definition) is 22. The highest BCUT2D eigenvalue weighted by atomic mass is 16.3. The third-order valence-corrected chi connectivity index (χ3v) is 20.4. The van der Waals surface area contributed by atoms with Crippen LogP contribution in [0.2, 0.25) is 0 Å². The number of para-hydroxylation sites is 8. The molecule has 630 valence electrons. The number of aromatic hydroxyl groups is 8. The summed E-state index contributed by atoms with van der Waals surface area (Å²) < 4.78 is 0. The van der Waals surface area contributed by atoms with Gasteiger partial charge in [0.2, 0.25) is 0 Å². The fourth-order valence-electron chi connectivity index (χ4n) is 13.9. The van der Waals surface area contributed by atoms with Crippen molar-refractivity contribution >= 4 is 49.7 Å². The second-order valence-electron chi connectivity index (χ2n) is 29.8. The normalized spacial score (nSPS) is 12.4. The summed E-state index contributed by atoms with van der Waals surface area (Å²) in [6, 6.07) is 58.2. The highest BCUT2D eigenvalue weighted by Gasteiger charge is 2.16. The van der Waals surface area contributed by atoms with Crippen molar-refractivity contribution in [1.29, 1.82) is 0 Å². The van der Waals surface area contributed by atoms with E-state index in [2.05, 4.69) is 29.4 Å². The third-order valence-electron chi connectivity index (χ3n) is 20.4. The molecule has 0 amide bonds. The van der Waals surface area contributed by atoms with Crippen molar-refractivity contribution in [3.8, 4) is 46.0 Å². The number of phenolic OH excluding ortho intramolecular Hbond substituents is 8. The number of aliphatic imine (C=N–C) groups is 8. The maximum absolute atomic E-state index is 10.4. The van der Waals surface area contributed by atoms with Crippen molar-refractivity contribution in [2.75, 3.05) is 170 Å². The quantitative estimate of drug-likeness (QED) is 0.0130. The van der Waals surface area contributed by atoms with Gasteiger partial charge >= 0.3 is 0 Å². The van der Waals surface area contributed by atoms with Gasteiger partial charge in [-0.15, -0.1) is 0 Å². The van der Waals surface area contributed by atoms with Crippen molar-refractivity contribution in [2.45, 2.75) is 89.9 Å². The van der Waals surface area contributed by atoms with Crippen LogP contribution in [0.4, 0.5) is 0 Å². The van der Waals surface area contributed by atoms with Gasteiger partial charge in [0, 0.05) is 147 Å². The van der Waals surface area contributed by atoms with Crippen LogP contribution in [0, 0.1) is 0 Å². The largest absolute Gasteiger partial charge is 0.507 e. The van der Waals surface area contributed by atoms with E-state index in [-0.39, 0.29) is 46.0 Å². The zero-order chi connectivity index (χ0) is 82.9. The van der Waals surface area contributed by atoms with Gasteiger partial charge in [-0.25, -0.2) is 0 Å². The van der Waals surface area contributed by atoms with Crippen LogP contribution >= 0.6 is 0 Å². The van der Waals surface area contributed by atoms with Crippen LogP contribution < -0.4 is 0 Å². The van der Waals surface area contributed by atoms with Gasteiger partial charge in [-0.2, -0.15) is 0 Å². The molecule has 0 fully saturated rings. The van der Waals surface area contributed by atoms with E-state index in [0.717, 1.165) is 208 Å². The number of rotatable bonds is 61. The van der Waals surface area contributed by atoms with E-state index in [9.17, 15) is 40.9 Å². The van der Waals surface area contributed by atoms with Crippen LogP contribution in [0.3, 0.4) is 0 Å². The highest BCUT2D eigenvalue weighted by Crippen LogP contribution is 2.21. The lowest BCUT2D eigenvalue weighted by Gasteiger charge is -2.29. The summed E-state index contributed by atoms with van der Waals surface area (Å²) in [4.78, 5) is 53.4. The van der Waals surface area contributed by atoms with Gasteiger partial charge in [0.05, 0.1) is 0 Å². The Kier molecular flexibility index (Phi) is 45.1. The average Bonchev–Trinajstić information content (AvgIpc) is 0.937. The van der Waals surface area contributed by atoms with E-state index in [0.29, 0.717) is 96.9 Å². The maximum Gasteiger partial charge on any atom is 0.124 e. The molecule has 0 aliphatic rings. The van der Waals surface area contributed by atoms with E-state index in [1.54, 1.807) is 98.2 Å². The minimum absolute atomic E-state index is 0.215. The number of nitrogens with zero attached hydrogens (tertiary/aromatic N) is 14. The number of unbranched alkanes of at least 4 members (excludes halogenated alkanes) is 1.